The topological polar surface area (TPSA) is 67.7 Å². The first kappa shape index (κ1) is 10.8. The first-order chi connectivity index (χ1) is 6.56. The molecule has 0 aromatic carbocycles. The minimum Gasteiger partial charge on any atom is -0.388 e. The van der Waals surface area contributed by atoms with Crippen molar-refractivity contribution in [3.63, 3.8) is 0 Å². The second-order valence-electron chi connectivity index (χ2n) is 3.61. The summed E-state index contributed by atoms with van der Waals surface area (Å²) < 4.78 is 2.11. The summed E-state index contributed by atoms with van der Waals surface area (Å²) in [5, 5.41) is 7.30. The lowest BCUT2D eigenvalue weighted by atomic mass is 10.1. The predicted molar refractivity (Wildman–Crippen MR) is 57.6 cm³/mol. The van der Waals surface area contributed by atoms with Crippen LogP contribution in [0.5, 0.6) is 0 Å². The molecule has 0 bridgehead atoms. The normalized spacial score (nSPS) is 12.8. The molecular formula is C10H18N4. The fraction of sp³-hybridized carbons (Fsp3) is 0.600. The van der Waals surface area contributed by atoms with Crippen LogP contribution in [0.1, 0.15) is 37.2 Å². The van der Waals surface area contributed by atoms with Crippen molar-refractivity contribution in [1.82, 2.24) is 9.55 Å². The van der Waals surface area contributed by atoms with E-state index in [2.05, 4.69) is 16.5 Å². The number of hydrogen-bond acceptors (Lipinski definition) is 2. The maximum Gasteiger partial charge on any atom is 0.0954 e. The van der Waals surface area contributed by atoms with E-state index in [1.165, 1.54) is 0 Å². The molecule has 0 saturated heterocycles. The monoisotopic (exact) mass is 194 g/mol. The van der Waals surface area contributed by atoms with Crippen molar-refractivity contribution in [2.45, 2.75) is 39.7 Å². The van der Waals surface area contributed by atoms with E-state index >= 15 is 0 Å². The van der Waals surface area contributed by atoms with E-state index in [1.54, 1.807) is 0 Å². The molecule has 4 heteroatoms. The molecule has 0 aliphatic rings. The van der Waals surface area contributed by atoms with Crippen LogP contribution in [0.2, 0.25) is 0 Å². The second-order valence-corrected chi connectivity index (χ2v) is 3.61. The summed E-state index contributed by atoms with van der Waals surface area (Å²) in [7, 11) is 0. The van der Waals surface area contributed by atoms with E-state index < -0.39 is 0 Å². The average Bonchev–Trinajstić information content (AvgIpc) is 2.44. The van der Waals surface area contributed by atoms with Crippen molar-refractivity contribution in [1.29, 1.82) is 5.41 Å². The molecular weight excluding hydrogens is 176 g/mol. The van der Waals surface area contributed by atoms with E-state index in [4.69, 9.17) is 11.1 Å². The van der Waals surface area contributed by atoms with E-state index in [1.807, 2.05) is 20.2 Å². The van der Waals surface area contributed by atoms with Crippen molar-refractivity contribution in [2.75, 3.05) is 0 Å². The number of nitrogens with one attached hydrogen (secondary N) is 1. The van der Waals surface area contributed by atoms with Crippen molar-refractivity contribution < 1.29 is 0 Å². The summed E-state index contributed by atoms with van der Waals surface area (Å²) in [6.45, 7) is 6.14. The number of rotatable bonds is 4. The molecule has 1 heterocycles. The fourth-order valence-corrected chi connectivity index (χ4v) is 1.58. The molecule has 0 spiro atoms. The Kier molecular flexibility index (Phi) is 3.28. The van der Waals surface area contributed by atoms with E-state index in [0.717, 1.165) is 17.8 Å². The summed E-state index contributed by atoms with van der Waals surface area (Å²) in [5.41, 5.74) is 7.63. The van der Waals surface area contributed by atoms with E-state index in [0.29, 0.717) is 6.42 Å². The Morgan fingerprint density at radius 1 is 1.64 bits per heavy atom. The van der Waals surface area contributed by atoms with Crippen LogP contribution in [0.25, 0.3) is 0 Å². The molecule has 0 radical (unpaired) electrons. The second kappa shape index (κ2) is 4.26. The highest BCUT2D eigenvalue weighted by atomic mass is 15.1. The molecule has 0 saturated carbocycles. The Balaban J connectivity index is 2.89. The summed E-state index contributed by atoms with van der Waals surface area (Å²) >= 11 is 0. The van der Waals surface area contributed by atoms with Gasteiger partial charge in [-0.2, -0.15) is 0 Å². The van der Waals surface area contributed by atoms with Crippen molar-refractivity contribution in [3.8, 4) is 0 Å². The molecule has 0 aliphatic carbocycles. The largest absolute Gasteiger partial charge is 0.388 e. The highest BCUT2D eigenvalue weighted by Gasteiger charge is 2.13. The first-order valence-electron chi connectivity index (χ1n) is 4.89. The molecule has 1 aromatic heterocycles. The van der Waals surface area contributed by atoms with Crippen LogP contribution in [0.4, 0.5) is 0 Å². The third-order valence-corrected chi connectivity index (χ3v) is 2.61. The highest BCUT2D eigenvalue weighted by Crippen LogP contribution is 2.19. The zero-order valence-electron chi connectivity index (χ0n) is 9.04. The molecule has 0 amide bonds. The van der Waals surface area contributed by atoms with Gasteiger partial charge in [-0.3, -0.25) is 5.41 Å². The van der Waals surface area contributed by atoms with Crippen LogP contribution in [0.15, 0.2) is 6.33 Å². The van der Waals surface area contributed by atoms with Crippen LogP contribution in [0, 0.1) is 19.3 Å². The Morgan fingerprint density at radius 2 is 2.29 bits per heavy atom. The van der Waals surface area contributed by atoms with Gasteiger partial charge in [-0.1, -0.05) is 6.92 Å². The van der Waals surface area contributed by atoms with Crippen LogP contribution in [-0.2, 0) is 0 Å². The lowest BCUT2D eigenvalue weighted by Crippen LogP contribution is -2.18. The van der Waals surface area contributed by atoms with E-state index in [-0.39, 0.29) is 11.9 Å². The molecule has 1 unspecified atom stereocenters. The third-order valence-electron chi connectivity index (χ3n) is 2.61. The van der Waals surface area contributed by atoms with Gasteiger partial charge >= 0.3 is 0 Å². The summed E-state index contributed by atoms with van der Waals surface area (Å²) in [6, 6.07) is 0.272. The van der Waals surface area contributed by atoms with Gasteiger partial charge in [-0.15, -0.1) is 0 Å². The SMILES string of the molecule is CCC(CC(=N)N)n1cnc(C)c1C. The summed E-state index contributed by atoms with van der Waals surface area (Å²) in [4.78, 5) is 4.24. The minimum atomic E-state index is 0.239. The number of hydrogen-bond donors (Lipinski definition) is 2. The molecule has 0 fully saturated rings. The van der Waals surface area contributed by atoms with Gasteiger partial charge in [0.1, 0.15) is 0 Å². The quantitative estimate of drug-likeness (QED) is 0.566. The smallest absolute Gasteiger partial charge is 0.0954 e. The van der Waals surface area contributed by atoms with Gasteiger partial charge < -0.3 is 10.3 Å². The highest BCUT2D eigenvalue weighted by molar-refractivity contribution is 5.77. The van der Waals surface area contributed by atoms with Crippen LogP contribution >= 0.6 is 0 Å². The van der Waals surface area contributed by atoms with Crippen molar-refractivity contribution in [3.05, 3.63) is 17.7 Å². The van der Waals surface area contributed by atoms with Gasteiger partial charge in [-0.25, -0.2) is 4.98 Å². The maximum atomic E-state index is 7.30. The molecule has 14 heavy (non-hydrogen) atoms. The standard InChI is InChI=1S/C10H18N4/c1-4-9(5-10(11)12)14-6-13-7(2)8(14)3/h6,9H,4-5H2,1-3H3,(H3,11,12). The molecule has 1 aromatic rings. The summed E-state index contributed by atoms with van der Waals surface area (Å²) in [5.74, 6) is 0.239. The average molecular weight is 194 g/mol. The van der Waals surface area contributed by atoms with Gasteiger partial charge in [0.25, 0.3) is 0 Å². The zero-order valence-corrected chi connectivity index (χ0v) is 9.04. The zero-order chi connectivity index (χ0) is 10.7. The lowest BCUT2D eigenvalue weighted by molar-refractivity contribution is 0.490. The Hall–Kier alpha value is -1.32. The predicted octanol–water partition coefficient (Wildman–Crippen LogP) is 1.78. The van der Waals surface area contributed by atoms with E-state index in [9.17, 15) is 0 Å². The molecule has 3 N–H and O–H groups in total. The minimum absolute atomic E-state index is 0.239. The maximum absolute atomic E-state index is 7.30. The fourth-order valence-electron chi connectivity index (χ4n) is 1.58. The molecule has 4 nitrogen and oxygen atoms in total. The number of nitrogens with zero attached hydrogens (tertiary/aromatic N) is 2. The number of amidine groups is 1. The molecule has 1 atom stereocenters. The number of aryl methyl sites for hydroxylation is 1. The van der Waals surface area contributed by atoms with Crippen molar-refractivity contribution >= 4 is 5.84 Å². The van der Waals surface area contributed by atoms with Crippen LogP contribution < -0.4 is 5.73 Å². The Bertz CT molecular complexity index is 327. The van der Waals surface area contributed by atoms with Gasteiger partial charge in [0.05, 0.1) is 17.9 Å². The van der Waals surface area contributed by atoms with Gasteiger partial charge in [0, 0.05) is 18.2 Å². The number of nitrogens with two attached hydrogens (primary N) is 1. The van der Waals surface area contributed by atoms with Crippen molar-refractivity contribution in [2.24, 2.45) is 5.73 Å². The van der Waals surface area contributed by atoms with Gasteiger partial charge in [0.2, 0.25) is 0 Å². The van der Waals surface area contributed by atoms with Crippen LogP contribution in [0.3, 0.4) is 0 Å². The lowest BCUT2D eigenvalue weighted by Gasteiger charge is -2.17. The van der Waals surface area contributed by atoms with Crippen LogP contribution in [-0.4, -0.2) is 15.4 Å². The summed E-state index contributed by atoms with van der Waals surface area (Å²) in [6.07, 6.45) is 3.41. The molecule has 78 valence electrons. The Labute approximate surface area is 84.7 Å². The molecule has 0 aliphatic heterocycles. The van der Waals surface area contributed by atoms with Gasteiger partial charge in [-0.05, 0) is 20.3 Å². The Morgan fingerprint density at radius 3 is 2.64 bits per heavy atom. The first-order valence-corrected chi connectivity index (χ1v) is 4.89. The van der Waals surface area contributed by atoms with Gasteiger partial charge in [0.15, 0.2) is 0 Å². The third kappa shape index (κ3) is 2.13. The molecule has 1 rings (SSSR count). The number of imidazole rings is 1. The number of aromatic nitrogens is 2.